The lowest BCUT2D eigenvalue weighted by Gasteiger charge is -2.43. The molecule has 208 valence electrons. The van der Waals surface area contributed by atoms with Gasteiger partial charge in [-0.25, -0.2) is 4.79 Å². The first kappa shape index (κ1) is 30.7. The molecule has 1 aromatic carbocycles. The van der Waals surface area contributed by atoms with Gasteiger partial charge in [0.25, 0.3) is 0 Å². The highest BCUT2D eigenvalue weighted by molar-refractivity contribution is 5.95. The van der Waals surface area contributed by atoms with Crippen LogP contribution in [0.5, 0.6) is 0 Å². The maximum Gasteiger partial charge on any atom is 0.408 e. The normalized spacial score (nSPS) is 15.9. The molecular weight excluding hydrogens is 484 g/mol. The van der Waals surface area contributed by atoms with Crippen LogP contribution < -0.4 is 16.4 Å². The SMILES string of the molecule is C#Cc1ccc(C(C(=O)NC2CCCCC2)N(C(=O)C(CC(N)=O)NC(=O)OC(C)(C)C)C(C)(C)C)cc1. The monoisotopic (exact) mass is 526 g/mol. The minimum Gasteiger partial charge on any atom is -0.444 e. The van der Waals surface area contributed by atoms with Gasteiger partial charge < -0.3 is 26.0 Å². The second-order valence-corrected chi connectivity index (χ2v) is 11.8. The lowest BCUT2D eigenvalue weighted by Crippen LogP contribution is -2.59. The van der Waals surface area contributed by atoms with Crippen molar-refractivity contribution >= 4 is 23.8 Å². The Morgan fingerprint density at radius 1 is 1.05 bits per heavy atom. The molecule has 4 N–H and O–H groups in total. The lowest BCUT2D eigenvalue weighted by molar-refractivity contribution is -0.149. The summed E-state index contributed by atoms with van der Waals surface area (Å²) >= 11 is 0. The number of nitrogens with two attached hydrogens (primary N) is 1. The van der Waals surface area contributed by atoms with E-state index >= 15 is 0 Å². The van der Waals surface area contributed by atoms with Gasteiger partial charge in [0.15, 0.2) is 0 Å². The maximum absolute atomic E-state index is 14.1. The second kappa shape index (κ2) is 12.8. The van der Waals surface area contributed by atoms with Crippen LogP contribution in [-0.2, 0) is 19.1 Å². The van der Waals surface area contributed by atoms with Crippen LogP contribution in [0.3, 0.4) is 0 Å². The van der Waals surface area contributed by atoms with Gasteiger partial charge >= 0.3 is 6.09 Å². The van der Waals surface area contributed by atoms with E-state index in [-0.39, 0.29) is 11.9 Å². The summed E-state index contributed by atoms with van der Waals surface area (Å²) in [4.78, 5) is 53.9. The van der Waals surface area contributed by atoms with Crippen molar-refractivity contribution in [3.63, 3.8) is 0 Å². The van der Waals surface area contributed by atoms with Gasteiger partial charge in [0.1, 0.15) is 17.7 Å². The third-order valence-corrected chi connectivity index (χ3v) is 6.21. The highest BCUT2D eigenvalue weighted by Gasteiger charge is 2.42. The van der Waals surface area contributed by atoms with E-state index in [1.165, 1.54) is 4.90 Å². The molecule has 2 rings (SSSR count). The number of benzene rings is 1. The Hall–Kier alpha value is -3.54. The fraction of sp³-hybridized carbons (Fsp3) is 0.586. The third-order valence-electron chi connectivity index (χ3n) is 6.21. The summed E-state index contributed by atoms with van der Waals surface area (Å²) in [5.74, 6) is 0.798. The molecule has 0 bridgehead atoms. The van der Waals surface area contributed by atoms with Crippen molar-refractivity contribution in [2.24, 2.45) is 5.73 Å². The van der Waals surface area contributed by atoms with Crippen LogP contribution in [0, 0.1) is 12.3 Å². The van der Waals surface area contributed by atoms with Gasteiger partial charge in [-0.3, -0.25) is 14.4 Å². The molecule has 0 radical (unpaired) electrons. The van der Waals surface area contributed by atoms with E-state index in [2.05, 4.69) is 16.6 Å². The van der Waals surface area contributed by atoms with Crippen molar-refractivity contribution in [2.75, 3.05) is 0 Å². The molecular formula is C29H42N4O5. The van der Waals surface area contributed by atoms with Crippen LogP contribution in [0.25, 0.3) is 0 Å². The molecule has 2 unspecified atom stereocenters. The van der Waals surface area contributed by atoms with Gasteiger partial charge in [0.05, 0.1) is 6.42 Å². The van der Waals surface area contributed by atoms with Crippen molar-refractivity contribution < 1.29 is 23.9 Å². The zero-order valence-electron chi connectivity index (χ0n) is 23.4. The van der Waals surface area contributed by atoms with E-state index < -0.39 is 47.6 Å². The van der Waals surface area contributed by atoms with Crippen molar-refractivity contribution in [1.82, 2.24) is 15.5 Å². The predicted molar refractivity (Wildman–Crippen MR) is 146 cm³/mol. The van der Waals surface area contributed by atoms with E-state index in [0.29, 0.717) is 11.1 Å². The number of nitrogens with one attached hydrogen (secondary N) is 2. The Kier molecular flexibility index (Phi) is 10.3. The lowest BCUT2D eigenvalue weighted by atomic mass is 9.92. The summed E-state index contributed by atoms with van der Waals surface area (Å²) in [6, 6.07) is 4.47. The Balaban J connectivity index is 2.53. The van der Waals surface area contributed by atoms with E-state index in [1.54, 1.807) is 65.8 Å². The van der Waals surface area contributed by atoms with E-state index in [0.717, 1.165) is 32.1 Å². The van der Waals surface area contributed by atoms with E-state index in [4.69, 9.17) is 16.9 Å². The molecule has 1 fully saturated rings. The molecule has 1 saturated carbocycles. The minimum atomic E-state index is -1.34. The summed E-state index contributed by atoms with van der Waals surface area (Å²) in [6.07, 6.45) is 9.09. The average Bonchev–Trinajstić information content (AvgIpc) is 2.80. The standard InChI is InChI=1S/C29H42N4O5/c1-8-19-14-16-20(17-15-19)24(25(35)31-21-12-10-9-11-13-21)33(28(2,3)4)26(36)22(18-23(30)34)32-27(37)38-29(5,6)7/h1,14-17,21-22,24H,9-13,18H2,2-7H3,(H2,30,34)(H,31,35)(H,32,37). The Morgan fingerprint density at radius 2 is 1.63 bits per heavy atom. The topological polar surface area (TPSA) is 131 Å². The number of nitrogens with zero attached hydrogens (tertiary/aromatic N) is 1. The molecule has 9 nitrogen and oxygen atoms in total. The number of amides is 4. The highest BCUT2D eigenvalue weighted by atomic mass is 16.6. The maximum atomic E-state index is 14.1. The number of hydrogen-bond donors (Lipinski definition) is 3. The van der Waals surface area contributed by atoms with Gasteiger partial charge in [-0.1, -0.05) is 37.3 Å². The molecule has 38 heavy (non-hydrogen) atoms. The van der Waals surface area contributed by atoms with Crippen LogP contribution in [-0.4, -0.2) is 51.9 Å². The van der Waals surface area contributed by atoms with Crippen LogP contribution in [0.2, 0.25) is 0 Å². The van der Waals surface area contributed by atoms with Gasteiger partial charge in [0.2, 0.25) is 17.7 Å². The van der Waals surface area contributed by atoms with Crippen LogP contribution in [0.1, 0.15) is 97.2 Å². The summed E-state index contributed by atoms with van der Waals surface area (Å²) in [5.41, 5.74) is 4.92. The second-order valence-electron chi connectivity index (χ2n) is 11.8. The predicted octanol–water partition coefficient (Wildman–Crippen LogP) is 3.55. The third kappa shape index (κ3) is 9.09. The average molecular weight is 527 g/mol. The number of alkyl carbamates (subject to hydrolysis) is 1. The molecule has 0 aliphatic heterocycles. The molecule has 4 amide bonds. The number of terminal acetylenes is 1. The number of primary amides is 1. The number of rotatable bonds is 8. The van der Waals surface area contributed by atoms with Crippen molar-refractivity contribution in [3.05, 3.63) is 35.4 Å². The first-order valence-electron chi connectivity index (χ1n) is 13.1. The Labute approximate surface area is 226 Å². The molecule has 0 heterocycles. The van der Waals surface area contributed by atoms with Crippen LogP contribution in [0.15, 0.2) is 24.3 Å². The zero-order valence-corrected chi connectivity index (χ0v) is 23.4. The minimum absolute atomic E-state index is 0.00181. The molecule has 1 aliphatic rings. The fourth-order valence-electron chi connectivity index (χ4n) is 4.57. The number of carbonyl (C=O) groups excluding carboxylic acids is 4. The molecule has 0 saturated heterocycles. The molecule has 0 spiro atoms. The van der Waals surface area contributed by atoms with E-state index in [9.17, 15) is 19.2 Å². The van der Waals surface area contributed by atoms with Crippen molar-refractivity contribution in [2.45, 2.75) is 109 Å². The molecule has 2 atom stereocenters. The smallest absolute Gasteiger partial charge is 0.408 e. The quantitative estimate of drug-likeness (QED) is 0.446. The van der Waals surface area contributed by atoms with E-state index in [1.807, 2.05) is 0 Å². The molecule has 1 aromatic rings. The Morgan fingerprint density at radius 3 is 2.11 bits per heavy atom. The zero-order chi connectivity index (χ0) is 28.7. The highest BCUT2D eigenvalue weighted by Crippen LogP contribution is 2.31. The molecule has 1 aliphatic carbocycles. The van der Waals surface area contributed by atoms with Gasteiger partial charge in [0, 0.05) is 17.1 Å². The first-order valence-corrected chi connectivity index (χ1v) is 13.1. The molecule has 9 heteroatoms. The number of ether oxygens (including phenoxy) is 1. The molecule has 0 aromatic heterocycles. The van der Waals surface area contributed by atoms with Crippen LogP contribution >= 0.6 is 0 Å². The van der Waals surface area contributed by atoms with Crippen LogP contribution in [0.4, 0.5) is 4.79 Å². The van der Waals surface area contributed by atoms with Gasteiger partial charge in [-0.15, -0.1) is 6.42 Å². The van der Waals surface area contributed by atoms with Gasteiger partial charge in [-0.05, 0) is 72.1 Å². The largest absolute Gasteiger partial charge is 0.444 e. The number of hydrogen-bond acceptors (Lipinski definition) is 5. The summed E-state index contributed by atoms with van der Waals surface area (Å²) in [5, 5.41) is 5.62. The van der Waals surface area contributed by atoms with Crippen molar-refractivity contribution in [1.29, 1.82) is 0 Å². The fourth-order valence-corrected chi connectivity index (χ4v) is 4.57. The summed E-state index contributed by atoms with van der Waals surface area (Å²) in [7, 11) is 0. The van der Waals surface area contributed by atoms with Crippen molar-refractivity contribution in [3.8, 4) is 12.3 Å². The van der Waals surface area contributed by atoms with Gasteiger partial charge in [-0.2, -0.15) is 0 Å². The summed E-state index contributed by atoms with van der Waals surface area (Å²) in [6.45, 7) is 10.4. The summed E-state index contributed by atoms with van der Waals surface area (Å²) < 4.78 is 5.31. The number of carbonyl (C=O) groups is 4. The Bertz CT molecular complexity index is 1040. The first-order chi connectivity index (χ1) is 17.6.